The van der Waals surface area contributed by atoms with Crippen LogP contribution in [0.25, 0.3) is 0 Å². The fraction of sp³-hybridized carbons (Fsp3) is 0.200. The Hall–Kier alpha value is -2.44. The maximum atomic E-state index is 11.6. The molecule has 0 saturated carbocycles. The van der Waals surface area contributed by atoms with E-state index in [-0.39, 0.29) is 0 Å². The molecule has 1 aliphatic rings. The predicted octanol–water partition coefficient (Wildman–Crippen LogP) is 3.01. The molecule has 0 bridgehead atoms. The lowest BCUT2D eigenvalue weighted by atomic mass is 10.0. The fourth-order valence-electron chi connectivity index (χ4n) is 3.31. The lowest BCUT2D eigenvalue weighted by molar-refractivity contribution is -0.685. The van der Waals surface area contributed by atoms with E-state index in [1.807, 2.05) is 70.3 Å². The average molecular weight is 413 g/mol. The summed E-state index contributed by atoms with van der Waals surface area (Å²) in [6.07, 6.45) is 3.69. The SMILES string of the molecule is COc1ccc(CN2c3nccc[n+]3C[C@@]2(O)c2ccc(Br)cc2)cc1. The molecule has 1 atom stereocenters. The van der Waals surface area contributed by atoms with Crippen molar-refractivity contribution in [3.05, 3.63) is 82.6 Å². The third-order valence-electron chi connectivity index (χ3n) is 4.68. The first kappa shape index (κ1) is 17.0. The molecule has 4 rings (SSSR count). The second-order valence-electron chi connectivity index (χ2n) is 6.31. The molecule has 2 heterocycles. The van der Waals surface area contributed by atoms with Crippen LogP contribution in [-0.2, 0) is 18.8 Å². The minimum absolute atomic E-state index is 0.425. The predicted molar refractivity (Wildman–Crippen MR) is 102 cm³/mol. The molecule has 6 heteroatoms. The Labute approximate surface area is 160 Å². The first-order valence-corrected chi connectivity index (χ1v) is 9.13. The standard InChI is InChI=1S/C20H19BrN3O2/c1-26-18-9-3-15(4-10-18)13-24-19-22-11-2-12-23(19)14-20(24,25)16-5-7-17(21)8-6-16/h2-12,25H,13-14H2,1H3/q+1/t20-/m1/s1. The number of aliphatic hydroxyl groups is 1. The quantitative estimate of drug-likeness (QED) is 0.669. The third-order valence-corrected chi connectivity index (χ3v) is 5.21. The van der Waals surface area contributed by atoms with Crippen LogP contribution in [0, 0.1) is 0 Å². The van der Waals surface area contributed by atoms with Crippen molar-refractivity contribution in [3.8, 4) is 5.75 Å². The minimum Gasteiger partial charge on any atom is -0.497 e. The van der Waals surface area contributed by atoms with Crippen LogP contribution in [0.5, 0.6) is 5.75 Å². The lowest BCUT2D eigenvalue weighted by Crippen LogP contribution is -2.45. The molecule has 0 aliphatic carbocycles. The van der Waals surface area contributed by atoms with Crippen molar-refractivity contribution in [1.29, 1.82) is 0 Å². The van der Waals surface area contributed by atoms with E-state index < -0.39 is 5.72 Å². The van der Waals surface area contributed by atoms with Crippen molar-refractivity contribution in [2.24, 2.45) is 0 Å². The van der Waals surface area contributed by atoms with Gasteiger partial charge in [-0.05, 0) is 29.8 Å². The molecule has 132 valence electrons. The summed E-state index contributed by atoms with van der Waals surface area (Å²) in [7, 11) is 1.65. The van der Waals surface area contributed by atoms with Gasteiger partial charge in [0.15, 0.2) is 0 Å². The highest BCUT2D eigenvalue weighted by Crippen LogP contribution is 2.35. The summed E-state index contributed by atoms with van der Waals surface area (Å²) in [4.78, 5) is 6.45. The smallest absolute Gasteiger partial charge is 0.397 e. The van der Waals surface area contributed by atoms with Gasteiger partial charge in [-0.25, -0.2) is 9.47 Å². The molecule has 1 N–H and O–H groups in total. The average Bonchev–Trinajstić information content (AvgIpc) is 2.96. The molecule has 0 saturated heterocycles. The van der Waals surface area contributed by atoms with Crippen LogP contribution in [0.1, 0.15) is 11.1 Å². The Morgan fingerprint density at radius 2 is 1.92 bits per heavy atom. The van der Waals surface area contributed by atoms with E-state index in [2.05, 4.69) is 20.9 Å². The number of rotatable bonds is 4. The first-order valence-electron chi connectivity index (χ1n) is 8.33. The summed E-state index contributed by atoms with van der Waals surface area (Å²) < 4.78 is 8.19. The van der Waals surface area contributed by atoms with E-state index in [0.717, 1.165) is 27.3 Å². The number of anilines is 1. The lowest BCUT2D eigenvalue weighted by Gasteiger charge is -2.28. The number of aromatic nitrogens is 2. The number of ether oxygens (including phenoxy) is 1. The van der Waals surface area contributed by atoms with Crippen molar-refractivity contribution in [1.82, 2.24) is 4.98 Å². The van der Waals surface area contributed by atoms with Crippen LogP contribution in [0.4, 0.5) is 5.95 Å². The molecule has 0 amide bonds. The Morgan fingerprint density at radius 1 is 1.19 bits per heavy atom. The summed E-state index contributed by atoms with van der Waals surface area (Å²) >= 11 is 3.46. The third kappa shape index (κ3) is 2.95. The molecule has 26 heavy (non-hydrogen) atoms. The van der Waals surface area contributed by atoms with E-state index in [1.165, 1.54) is 0 Å². The van der Waals surface area contributed by atoms with Gasteiger partial charge in [-0.1, -0.05) is 45.2 Å². The van der Waals surface area contributed by atoms with Crippen molar-refractivity contribution in [2.75, 3.05) is 12.0 Å². The van der Waals surface area contributed by atoms with E-state index in [1.54, 1.807) is 13.3 Å². The summed E-state index contributed by atoms with van der Waals surface area (Å²) in [6, 6.07) is 17.5. The Morgan fingerprint density at radius 3 is 2.62 bits per heavy atom. The van der Waals surface area contributed by atoms with Crippen molar-refractivity contribution in [3.63, 3.8) is 0 Å². The van der Waals surface area contributed by atoms with Gasteiger partial charge in [-0.15, -0.1) is 0 Å². The maximum absolute atomic E-state index is 11.6. The van der Waals surface area contributed by atoms with Crippen LogP contribution < -0.4 is 14.2 Å². The summed E-state index contributed by atoms with van der Waals surface area (Å²) in [6.45, 7) is 0.960. The molecular formula is C20H19BrN3O2+. The van der Waals surface area contributed by atoms with Gasteiger partial charge in [0.2, 0.25) is 5.72 Å². The highest BCUT2D eigenvalue weighted by atomic mass is 79.9. The van der Waals surface area contributed by atoms with Gasteiger partial charge < -0.3 is 9.84 Å². The van der Waals surface area contributed by atoms with E-state index in [0.29, 0.717) is 13.1 Å². The second-order valence-corrected chi connectivity index (χ2v) is 7.22. The molecule has 1 aliphatic heterocycles. The van der Waals surface area contributed by atoms with Gasteiger partial charge in [0.1, 0.15) is 18.5 Å². The van der Waals surface area contributed by atoms with Crippen LogP contribution in [0.3, 0.4) is 0 Å². The molecule has 0 fully saturated rings. The zero-order valence-corrected chi connectivity index (χ0v) is 15.9. The van der Waals surface area contributed by atoms with E-state index in [4.69, 9.17) is 4.74 Å². The number of halogens is 1. The Kier molecular flexibility index (Phi) is 4.38. The van der Waals surface area contributed by atoms with Gasteiger partial charge in [0, 0.05) is 16.1 Å². The van der Waals surface area contributed by atoms with E-state index in [9.17, 15) is 5.11 Å². The Bertz CT molecular complexity index is 915. The molecule has 0 radical (unpaired) electrons. The fourth-order valence-corrected chi connectivity index (χ4v) is 3.57. The highest BCUT2D eigenvalue weighted by Gasteiger charge is 2.51. The van der Waals surface area contributed by atoms with Crippen LogP contribution >= 0.6 is 15.9 Å². The van der Waals surface area contributed by atoms with Gasteiger partial charge in [-0.3, -0.25) is 0 Å². The molecule has 2 aromatic carbocycles. The Balaban J connectivity index is 1.74. The van der Waals surface area contributed by atoms with Crippen molar-refractivity contribution < 1.29 is 14.4 Å². The molecule has 3 aromatic rings. The summed E-state index contributed by atoms with van der Waals surface area (Å²) in [5.41, 5.74) is 0.738. The number of methoxy groups -OCH3 is 1. The first-order chi connectivity index (χ1) is 12.6. The topological polar surface area (TPSA) is 49.5 Å². The van der Waals surface area contributed by atoms with Crippen LogP contribution in [-0.4, -0.2) is 17.2 Å². The second kappa shape index (κ2) is 6.70. The minimum atomic E-state index is -1.16. The summed E-state index contributed by atoms with van der Waals surface area (Å²) in [5.74, 6) is 1.56. The molecule has 0 spiro atoms. The van der Waals surface area contributed by atoms with Gasteiger partial charge in [0.25, 0.3) is 0 Å². The van der Waals surface area contributed by atoms with Gasteiger partial charge >= 0.3 is 5.95 Å². The van der Waals surface area contributed by atoms with Gasteiger partial charge in [0.05, 0.1) is 19.9 Å². The van der Waals surface area contributed by atoms with Gasteiger partial charge in [-0.2, -0.15) is 0 Å². The zero-order valence-electron chi connectivity index (χ0n) is 14.3. The van der Waals surface area contributed by atoms with E-state index >= 15 is 0 Å². The largest absolute Gasteiger partial charge is 0.497 e. The molecular weight excluding hydrogens is 394 g/mol. The van der Waals surface area contributed by atoms with Crippen LogP contribution in [0.2, 0.25) is 0 Å². The highest BCUT2D eigenvalue weighted by molar-refractivity contribution is 9.10. The maximum Gasteiger partial charge on any atom is 0.397 e. The normalized spacial score (nSPS) is 18.7. The number of fused-ring (bicyclic) bond motifs is 1. The number of hydrogen-bond donors (Lipinski definition) is 1. The molecule has 1 aromatic heterocycles. The summed E-state index contributed by atoms with van der Waals surface area (Å²) in [5, 5.41) is 11.6. The van der Waals surface area contributed by atoms with Crippen molar-refractivity contribution >= 4 is 21.9 Å². The zero-order chi connectivity index (χ0) is 18.1. The number of benzene rings is 2. The monoisotopic (exact) mass is 412 g/mol. The molecule has 0 unspecified atom stereocenters. The van der Waals surface area contributed by atoms with Crippen molar-refractivity contribution in [2.45, 2.75) is 18.8 Å². The number of hydrogen-bond acceptors (Lipinski definition) is 4. The molecule has 5 nitrogen and oxygen atoms in total. The number of nitrogens with zero attached hydrogens (tertiary/aromatic N) is 3. The van der Waals surface area contributed by atoms with Crippen LogP contribution in [0.15, 0.2) is 71.5 Å².